The maximum absolute atomic E-state index is 8.06. The molecule has 0 amide bonds. The van der Waals surface area contributed by atoms with Crippen molar-refractivity contribution in [1.29, 1.82) is 0 Å². The van der Waals surface area contributed by atoms with Crippen molar-refractivity contribution >= 4 is 5.69 Å². The van der Waals surface area contributed by atoms with Gasteiger partial charge in [0, 0.05) is 12.2 Å². The molecule has 0 heterocycles. The van der Waals surface area contributed by atoms with E-state index in [4.69, 9.17) is 10.2 Å². The van der Waals surface area contributed by atoms with Gasteiger partial charge < -0.3 is 15.5 Å². The van der Waals surface area contributed by atoms with E-state index in [9.17, 15) is 0 Å². The molecule has 0 saturated carbocycles. The van der Waals surface area contributed by atoms with Crippen molar-refractivity contribution < 1.29 is 31.9 Å². The van der Waals surface area contributed by atoms with Crippen molar-refractivity contribution in [2.45, 2.75) is 39.9 Å². The Balaban J connectivity index is 0. The predicted octanol–water partition coefficient (Wildman–Crippen LogP) is 4.67. The number of rotatable bonds is 3. The minimum atomic E-state index is -0.167. The fourth-order valence-corrected chi connectivity index (χ4v) is 1.20. The van der Waals surface area contributed by atoms with Gasteiger partial charge in [0.2, 0.25) is 0 Å². The van der Waals surface area contributed by atoms with E-state index in [1.165, 1.54) is 0 Å². The summed E-state index contributed by atoms with van der Waals surface area (Å²) in [5.74, 6) is 0. The van der Waals surface area contributed by atoms with Gasteiger partial charge in [0.1, 0.15) is 0 Å². The van der Waals surface area contributed by atoms with Crippen LogP contribution < -0.4 is 0 Å². The summed E-state index contributed by atoms with van der Waals surface area (Å²) >= 11 is 0. The first-order valence-electron chi connectivity index (χ1n) is 7.42. The Labute approximate surface area is 155 Å². The maximum atomic E-state index is 8.06. The Kier molecular flexibility index (Phi) is 16.3. The molecule has 0 fully saturated rings. The second kappa shape index (κ2) is 15.6. The molecule has 0 aliphatic carbocycles. The van der Waals surface area contributed by atoms with E-state index < -0.39 is 0 Å². The largest absolute Gasteiger partial charge is 2.00 e. The van der Waals surface area contributed by atoms with Gasteiger partial charge in [-0.25, -0.2) is 5.56 Å². The number of nitrogens with zero attached hydrogens (tertiary/aromatic N) is 1. The third-order valence-corrected chi connectivity index (χ3v) is 1.92. The monoisotopic (exact) mass is 349 g/mol. The molecule has 0 radical (unpaired) electrons. The molecule has 2 aromatic carbocycles. The first-order chi connectivity index (χ1) is 10.4. The summed E-state index contributed by atoms with van der Waals surface area (Å²) in [4.78, 5) is 0. The van der Waals surface area contributed by atoms with Crippen LogP contribution in [-0.2, 0) is 21.7 Å². The summed E-state index contributed by atoms with van der Waals surface area (Å²) in [5, 5.41) is 20.5. The molecule has 0 aliphatic rings. The van der Waals surface area contributed by atoms with Crippen LogP contribution in [0.3, 0.4) is 0 Å². The Morgan fingerprint density at radius 1 is 0.739 bits per heavy atom. The van der Waals surface area contributed by atoms with E-state index in [2.05, 4.69) is 5.32 Å². The summed E-state index contributed by atoms with van der Waals surface area (Å²) in [6, 6.07) is 20.0. The Bertz CT molecular complexity index is 410. The second-order valence-corrected chi connectivity index (χ2v) is 5.19. The zero-order chi connectivity index (χ0) is 16.8. The zero-order valence-electron chi connectivity index (χ0n) is 14.3. The molecule has 0 saturated heterocycles. The van der Waals surface area contributed by atoms with Gasteiger partial charge in [0.25, 0.3) is 0 Å². The number of hydrogen-bond acceptors (Lipinski definition) is 2. The molecule has 3 nitrogen and oxygen atoms in total. The molecular weight excluding hydrogens is 322 g/mol. The Hall–Kier alpha value is -1.26. The third kappa shape index (κ3) is 18.7. The average Bonchev–Trinajstić information content (AvgIpc) is 2.46. The normalized spacial score (nSPS) is 8.87. The second-order valence-electron chi connectivity index (χ2n) is 5.19. The first-order valence-corrected chi connectivity index (χ1v) is 7.42. The molecular formula is C19H27NO2Ti. The van der Waals surface area contributed by atoms with Crippen LogP contribution in [0.5, 0.6) is 0 Å². The van der Waals surface area contributed by atoms with Gasteiger partial charge in [-0.05, 0) is 27.7 Å². The van der Waals surface area contributed by atoms with E-state index in [0.717, 1.165) is 11.3 Å². The van der Waals surface area contributed by atoms with Crippen molar-refractivity contribution in [2.24, 2.45) is 0 Å². The van der Waals surface area contributed by atoms with Crippen LogP contribution in [-0.4, -0.2) is 22.4 Å². The molecule has 0 bridgehead atoms. The van der Waals surface area contributed by atoms with Crippen LogP contribution in [0.15, 0.2) is 60.7 Å². The number of aliphatic hydroxyl groups is 2. The van der Waals surface area contributed by atoms with Crippen LogP contribution in [0.4, 0.5) is 5.69 Å². The van der Waals surface area contributed by atoms with Crippen molar-refractivity contribution in [3.63, 3.8) is 0 Å². The van der Waals surface area contributed by atoms with E-state index >= 15 is 0 Å². The molecule has 0 aliphatic heterocycles. The van der Waals surface area contributed by atoms with Crippen LogP contribution in [0.25, 0.3) is 5.32 Å². The summed E-state index contributed by atoms with van der Waals surface area (Å²) in [5.41, 5.74) is 2.10. The Morgan fingerprint density at radius 2 is 1.09 bits per heavy atom. The minimum absolute atomic E-state index is 0. The average molecular weight is 349 g/mol. The fraction of sp³-hybridized carbons (Fsp3) is 0.316. The van der Waals surface area contributed by atoms with Crippen molar-refractivity contribution in [3.05, 3.63) is 78.1 Å². The number of hydrogen-bond donors (Lipinski definition) is 2. The van der Waals surface area contributed by atoms with Gasteiger partial charge in [0.15, 0.2) is 0 Å². The topological polar surface area (TPSA) is 54.6 Å². The molecule has 0 spiro atoms. The van der Waals surface area contributed by atoms with E-state index in [1.54, 1.807) is 27.7 Å². The molecule has 2 aromatic rings. The van der Waals surface area contributed by atoms with Crippen LogP contribution in [0.2, 0.25) is 0 Å². The van der Waals surface area contributed by atoms with Crippen molar-refractivity contribution in [1.82, 2.24) is 0 Å². The number of benzene rings is 2. The van der Waals surface area contributed by atoms with Gasteiger partial charge >= 0.3 is 21.7 Å². The maximum Gasteiger partial charge on any atom is 2.00 e. The summed E-state index contributed by atoms with van der Waals surface area (Å²) in [6.07, 6.45) is -0.333. The fourth-order valence-electron chi connectivity index (χ4n) is 1.20. The van der Waals surface area contributed by atoms with Crippen LogP contribution >= 0.6 is 0 Å². The quantitative estimate of drug-likeness (QED) is 0.625. The summed E-state index contributed by atoms with van der Waals surface area (Å²) < 4.78 is 0. The van der Waals surface area contributed by atoms with E-state index in [-0.39, 0.29) is 33.9 Å². The molecule has 0 unspecified atom stereocenters. The van der Waals surface area contributed by atoms with Crippen molar-refractivity contribution in [2.75, 3.05) is 0 Å². The number of para-hydroxylation sites is 1. The molecule has 2 rings (SSSR count). The molecule has 124 valence electrons. The number of aliphatic hydroxyl groups excluding tert-OH is 2. The predicted molar refractivity (Wildman–Crippen MR) is 94.0 cm³/mol. The summed E-state index contributed by atoms with van der Waals surface area (Å²) in [6.45, 7) is 8.76. The molecule has 0 atom stereocenters. The molecule has 4 heteroatoms. The van der Waals surface area contributed by atoms with Gasteiger partial charge in [0.05, 0.1) is 0 Å². The standard InChI is InChI=1S/C13H11N.2C3H8O.Ti/c1-3-7-12(8-4-1)11-14-13-9-5-2-6-10-13;2*1-3(2)4;/h1-11H;2*3-4H,1-2H3;/q-2;;;+2. The Morgan fingerprint density at radius 3 is 1.48 bits per heavy atom. The zero-order valence-corrected chi connectivity index (χ0v) is 15.9. The van der Waals surface area contributed by atoms with Gasteiger partial charge in [-0.3, -0.25) is 6.54 Å². The SMILES string of the molecule is CC(C)O.CC(C)O.[Ti+2].c1ccc([CH-][N-]c2ccccc2)cc1. The van der Waals surface area contributed by atoms with Gasteiger partial charge in [-0.15, -0.1) is 17.8 Å². The van der Waals surface area contributed by atoms with Gasteiger partial charge in [-0.2, -0.15) is 12.1 Å². The third-order valence-electron chi connectivity index (χ3n) is 1.92. The van der Waals surface area contributed by atoms with Gasteiger partial charge in [-0.1, -0.05) is 36.4 Å². The minimum Gasteiger partial charge on any atom is -0.722 e. The molecule has 2 N–H and O–H groups in total. The van der Waals surface area contributed by atoms with E-state index in [1.807, 2.05) is 67.2 Å². The van der Waals surface area contributed by atoms with Crippen molar-refractivity contribution in [3.8, 4) is 0 Å². The van der Waals surface area contributed by atoms with E-state index in [0.29, 0.717) is 0 Å². The summed E-state index contributed by atoms with van der Waals surface area (Å²) in [7, 11) is 0. The molecule has 23 heavy (non-hydrogen) atoms. The smallest absolute Gasteiger partial charge is 0.722 e. The first kappa shape index (κ1) is 24.0. The molecule has 0 aromatic heterocycles. The van der Waals surface area contributed by atoms with Crippen LogP contribution in [0, 0.1) is 6.54 Å². The van der Waals surface area contributed by atoms with Crippen LogP contribution in [0.1, 0.15) is 33.3 Å².